The number of aryl methyl sites for hydroxylation is 1. The van der Waals surface area contributed by atoms with Gasteiger partial charge in [0.1, 0.15) is 0 Å². The SMILES string of the molecule is CNC(c1ccncc1Cl)c1c(Cl)cnn1C. The molecule has 90 valence electrons. The van der Waals surface area contributed by atoms with Crippen LogP contribution in [0.5, 0.6) is 0 Å². The molecule has 1 atom stereocenters. The molecule has 0 fully saturated rings. The molecule has 0 aliphatic heterocycles. The number of pyridine rings is 1. The maximum absolute atomic E-state index is 6.14. The number of hydrogen-bond acceptors (Lipinski definition) is 3. The highest BCUT2D eigenvalue weighted by atomic mass is 35.5. The Balaban J connectivity index is 2.52. The van der Waals surface area contributed by atoms with Crippen molar-refractivity contribution in [2.45, 2.75) is 6.04 Å². The van der Waals surface area contributed by atoms with Crippen molar-refractivity contribution in [1.29, 1.82) is 0 Å². The zero-order valence-corrected chi connectivity index (χ0v) is 11.0. The zero-order valence-electron chi connectivity index (χ0n) is 9.48. The summed E-state index contributed by atoms with van der Waals surface area (Å²) in [6.45, 7) is 0. The third-order valence-corrected chi connectivity index (χ3v) is 3.22. The summed E-state index contributed by atoms with van der Waals surface area (Å²) >= 11 is 12.3. The van der Waals surface area contributed by atoms with Crippen molar-refractivity contribution in [2.24, 2.45) is 7.05 Å². The number of hydrogen-bond donors (Lipinski definition) is 1. The molecule has 0 aliphatic carbocycles. The van der Waals surface area contributed by atoms with Gasteiger partial charge in [0.15, 0.2) is 0 Å². The van der Waals surface area contributed by atoms with E-state index in [0.717, 1.165) is 11.3 Å². The molecule has 0 aliphatic rings. The van der Waals surface area contributed by atoms with Crippen molar-refractivity contribution in [3.63, 3.8) is 0 Å². The van der Waals surface area contributed by atoms with E-state index in [9.17, 15) is 0 Å². The van der Waals surface area contributed by atoms with Gasteiger partial charge in [-0.2, -0.15) is 5.10 Å². The van der Waals surface area contributed by atoms with Crippen molar-refractivity contribution in [2.75, 3.05) is 7.05 Å². The number of nitrogens with one attached hydrogen (secondary N) is 1. The molecule has 0 saturated carbocycles. The van der Waals surface area contributed by atoms with Crippen molar-refractivity contribution >= 4 is 23.2 Å². The van der Waals surface area contributed by atoms with Gasteiger partial charge in [-0.3, -0.25) is 9.67 Å². The molecule has 1 unspecified atom stereocenters. The van der Waals surface area contributed by atoms with Gasteiger partial charge in [-0.1, -0.05) is 23.2 Å². The molecule has 2 rings (SSSR count). The first-order valence-corrected chi connectivity index (χ1v) is 5.84. The number of rotatable bonds is 3. The second-order valence-corrected chi connectivity index (χ2v) is 4.43. The van der Waals surface area contributed by atoms with E-state index in [4.69, 9.17) is 23.2 Å². The highest BCUT2D eigenvalue weighted by Gasteiger charge is 2.21. The molecule has 0 saturated heterocycles. The monoisotopic (exact) mass is 270 g/mol. The molecule has 2 aromatic heterocycles. The maximum atomic E-state index is 6.14. The molecule has 4 nitrogen and oxygen atoms in total. The van der Waals surface area contributed by atoms with E-state index >= 15 is 0 Å². The second-order valence-electron chi connectivity index (χ2n) is 3.62. The van der Waals surface area contributed by atoms with Crippen LogP contribution in [0.1, 0.15) is 17.3 Å². The molecule has 2 aromatic rings. The van der Waals surface area contributed by atoms with Gasteiger partial charge in [0.25, 0.3) is 0 Å². The van der Waals surface area contributed by atoms with Crippen molar-refractivity contribution in [3.05, 3.63) is 46.0 Å². The summed E-state index contributed by atoms with van der Waals surface area (Å²) in [5.41, 5.74) is 1.80. The lowest BCUT2D eigenvalue weighted by Crippen LogP contribution is -2.21. The van der Waals surface area contributed by atoms with Gasteiger partial charge in [0.05, 0.1) is 28.0 Å². The van der Waals surface area contributed by atoms with Gasteiger partial charge >= 0.3 is 0 Å². The number of nitrogens with zero attached hydrogens (tertiary/aromatic N) is 3. The molecule has 0 bridgehead atoms. The fourth-order valence-corrected chi connectivity index (χ4v) is 2.31. The quantitative estimate of drug-likeness (QED) is 0.932. The topological polar surface area (TPSA) is 42.7 Å². The molecular formula is C11H12Cl2N4. The standard InChI is InChI=1S/C11H12Cl2N4/c1-14-10(7-3-4-15-5-8(7)12)11-9(13)6-16-17(11)2/h3-6,10,14H,1-2H3. The average Bonchev–Trinajstić information content (AvgIpc) is 2.64. The lowest BCUT2D eigenvalue weighted by atomic mass is 10.1. The number of halogens is 2. The fourth-order valence-electron chi connectivity index (χ4n) is 1.80. The van der Waals surface area contributed by atoms with Gasteiger partial charge in [0.2, 0.25) is 0 Å². The second kappa shape index (κ2) is 5.04. The zero-order chi connectivity index (χ0) is 12.4. The van der Waals surface area contributed by atoms with E-state index in [0.29, 0.717) is 10.0 Å². The van der Waals surface area contributed by atoms with Crippen LogP contribution in [-0.4, -0.2) is 21.8 Å². The van der Waals surface area contributed by atoms with Crippen molar-refractivity contribution < 1.29 is 0 Å². The van der Waals surface area contributed by atoms with Gasteiger partial charge < -0.3 is 5.32 Å². The lowest BCUT2D eigenvalue weighted by molar-refractivity contribution is 0.606. The summed E-state index contributed by atoms with van der Waals surface area (Å²) in [5, 5.41) is 8.52. The Morgan fingerprint density at radius 3 is 2.59 bits per heavy atom. The fraction of sp³-hybridized carbons (Fsp3) is 0.273. The highest BCUT2D eigenvalue weighted by molar-refractivity contribution is 6.32. The van der Waals surface area contributed by atoms with Crippen LogP contribution in [0, 0.1) is 0 Å². The smallest absolute Gasteiger partial charge is 0.0837 e. The highest BCUT2D eigenvalue weighted by Crippen LogP contribution is 2.30. The Hall–Kier alpha value is -1.10. The third kappa shape index (κ3) is 2.29. The minimum absolute atomic E-state index is 0.106. The van der Waals surface area contributed by atoms with Gasteiger partial charge in [-0.25, -0.2) is 0 Å². The Kier molecular flexibility index (Phi) is 3.66. The first kappa shape index (κ1) is 12.4. The molecule has 2 heterocycles. The molecule has 0 aromatic carbocycles. The van der Waals surface area contributed by atoms with Crippen LogP contribution in [0.25, 0.3) is 0 Å². The van der Waals surface area contributed by atoms with Crippen LogP contribution in [0.2, 0.25) is 10.0 Å². The Bertz CT molecular complexity index is 504. The first-order chi connectivity index (χ1) is 8.15. The lowest BCUT2D eigenvalue weighted by Gasteiger charge is -2.18. The van der Waals surface area contributed by atoms with Gasteiger partial charge in [0, 0.05) is 19.4 Å². The van der Waals surface area contributed by atoms with E-state index in [1.807, 2.05) is 20.2 Å². The minimum Gasteiger partial charge on any atom is -0.308 e. The van der Waals surface area contributed by atoms with Gasteiger partial charge in [-0.15, -0.1) is 0 Å². The summed E-state index contributed by atoms with van der Waals surface area (Å²) in [7, 11) is 3.70. The number of aromatic nitrogens is 3. The minimum atomic E-state index is -0.106. The van der Waals surface area contributed by atoms with Crippen LogP contribution < -0.4 is 5.32 Å². The van der Waals surface area contributed by atoms with Crippen molar-refractivity contribution in [3.8, 4) is 0 Å². The predicted molar refractivity (Wildman–Crippen MR) is 68.4 cm³/mol. The molecule has 17 heavy (non-hydrogen) atoms. The predicted octanol–water partition coefficient (Wildman–Crippen LogP) is 2.43. The Morgan fingerprint density at radius 2 is 2.06 bits per heavy atom. The van der Waals surface area contributed by atoms with Crippen LogP contribution >= 0.6 is 23.2 Å². The summed E-state index contributed by atoms with van der Waals surface area (Å²) in [6, 6.07) is 1.76. The van der Waals surface area contributed by atoms with E-state index in [-0.39, 0.29) is 6.04 Å². The van der Waals surface area contributed by atoms with Crippen LogP contribution in [0.3, 0.4) is 0 Å². The molecule has 0 spiro atoms. The first-order valence-electron chi connectivity index (χ1n) is 5.09. The summed E-state index contributed by atoms with van der Waals surface area (Å²) in [4.78, 5) is 3.97. The molecular weight excluding hydrogens is 259 g/mol. The Labute approximate surface area is 110 Å². The summed E-state index contributed by atoms with van der Waals surface area (Å²) < 4.78 is 1.74. The van der Waals surface area contributed by atoms with E-state index in [1.165, 1.54) is 0 Å². The van der Waals surface area contributed by atoms with E-state index in [2.05, 4.69) is 15.4 Å². The summed E-state index contributed by atoms with van der Waals surface area (Å²) in [5.74, 6) is 0. The molecule has 0 radical (unpaired) electrons. The maximum Gasteiger partial charge on any atom is 0.0837 e. The van der Waals surface area contributed by atoms with Crippen LogP contribution in [0.15, 0.2) is 24.7 Å². The molecule has 0 amide bonds. The van der Waals surface area contributed by atoms with Crippen LogP contribution in [-0.2, 0) is 7.05 Å². The van der Waals surface area contributed by atoms with Gasteiger partial charge in [-0.05, 0) is 18.7 Å². The van der Waals surface area contributed by atoms with E-state index in [1.54, 1.807) is 23.3 Å². The van der Waals surface area contributed by atoms with Crippen LogP contribution in [0.4, 0.5) is 0 Å². The Morgan fingerprint density at radius 1 is 1.29 bits per heavy atom. The molecule has 1 N–H and O–H groups in total. The third-order valence-electron chi connectivity index (χ3n) is 2.61. The van der Waals surface area contributed by atoms with E-state index < -0.39 is 0 Å². The largest absolute Gasteiger partial charge is 0.308 e. The average molecular weight is 271 g/mol. The van der Waals surface area contributed by atoms with Crippen molar-refractivity contribution in [1.82, 2.24) is 20.1 Å². The normalized spacial score (nSPS) is 12.7. The summed E-state index contributed by atoms with van der Waals surface area (Å²) in [6.07, 6.45) is 4.94. The molecule has 6 heteroatoms.